The van der Waals surface area contributed by atoms with Gasteiger partial charge in [-0.3, -0.25) is 4.98 Å². The standard InChI is InChI=1S/C17H16FN/c1-12(13-8-10-19-11-9-13)17-15(14-4-2-5-14)6-3-7-16(17)18/h3,6-11,14H,1-2,4-5H2. The van der Waals surface area contributed by atoms with Crippen molar-refractivity contribution in [2.24, 2.45) is 0 Å². The van der Waals surface area contributed by atoms with Gasteiger partial charge in [-0.15, -0.1) is 0 Å². The fourth-order valence-electron chi connectivity index (χ4n) is 2.62. The summed E-state index contributed by atoms with van der Waals surface area (Å²) in [6.07, 6.45) is 6.97. The van der Waals surface area contributed by atoms with Gasteiger partial charge in [0, 0.05) is 18.0 Å². The molecule has 2 heteroatoms. The first-order chi connectivity index (χ1) is 9.27. The van der Waals surface area contributed by atoms with Crippen LogP contribution in [0.3, 0.4) is 0 Å². The molecule has 1 aliphatic rings. The van der Waals surface area contributed by atoms with Crippen LogP contribution in [0.2, 0.25) is 0 Å². The van der Waals surface area contributed by atoms with Crippen molar-refractivity contribution in [2.45, 2.75) is 25.2 Å². The Bertz CT molecular complexity index is 600. The third-order valence-electron chi connectivity index (χ3n) is 3.92. The lowest BCUT2D eigenvalue weighted by atomic mass is 9.76. The second-order valence-electron chi connectivity index (χ2n) is 5.05. The van der Waals surface area contributed by atoms with Crippen LogP contribution in [0.1, 0.15) is 41.9 Å². The van der Waals surface area contributed by atoms with Crippen LogP contribution in [0, 0.1) is 5.82 Å². The summed E-state index contributed by atoms with van der Waals surface area (Å²) < 4.78 is 14.2. The van der Waals surface area contributed by atoms with Crippen LogP contribution >= 0.6 is 0 Å². The van der Waals surface area contributed by atoms with E-state index in [-0.39, 0.29) is 5.82 Å². The molecule has 0 aliphatic heterocycles. The number of aromatic nitrogens is 1. The number of benzene rings is 1. The second-order valence-corrected chi connectivity index (χ2v) is 5.05. The van der Waals surface area contributed by atoms with E-state index in [4.69, 9.17) is 0 Å². The van der Waals surface area contributed by atoms with E-state index < -0.39 is 0 Å². The fraction of sp³-hybridized carbons (Fsp3) is 0.235. The van der Waals surface area contributed by atoms with E-state index in [1.54, 1.807) is 18.5 Å². The van der Waals surface area contributed by atoms with Crippen molar-refractivity contribution < 1.29 is 4.39 Å². The van der Waals surface area contributed by atoms with Crippen molar-refractivity contribution in [2.75, 3.05) is 0 Å². The molecule has 1 aliphatic carbocycles. The van der Waals surface area contributed by atoms with Gasteiger partial charge in [0.1, 0.15) is 5.82 Å². The van der Waals surface area contributed by atoms with Crippen LogP contribution in [0.25, 0.3) is 5.57 Å². The zero-order valence-electron chi connectivity index (χ0n) is 10.8. The summed E-state index contributed by atoms with van der Waals surface area (Å²) in [5, 5.41) is 0. The predicted octanol–water partition coefficient (Wildman–Crippen LogP) is 4.55. The minimum atomic E-state index is -0.175. The van der Waals surface area contributed by atoms with Gasteiger partial charge in [-0.2, -0.15) is 0 Å². The van der Waals surface area contributed by atoms with Gasteiger partial charge < -0.3 is 0 Å². The Hall–Kier alpha value is -1.96. The van der Waals surface area contributed by atoms with E-state index >= 15 is 0 Å². The van der Waals surface area contributed by atoms with Crippen LogP contribution in [0.15, 0.2) is 49.3 Å². The molecule has 19 heavy (non-hydrogen) atoms. The van der Waals surface area contributed by atoms with Crippen molar-refractivity contribution in [3.05, 3.63) is 71.8 Å². The van der Waals surface area contributed by atoms with Crippen molar-refractivity contribution in [3.8, 4) is 0 Å². The van der Waals surface area contributed by atoms with Gasteiger partial charge in [0.2, 0.25) is 0 Å². The highest BCUT2D eigenvalue weighted by molar-refractivity contribution is 5.80. The average molecular weight is 253 g/mol. The third-order valence-corrected chi connectivity index (χ3v) is 3.92. The van der Waals surface area contributed by atoms with Crippen LogP contribution in [0.5, 0.6) is 0 Å². The van der Waals surface area contributed by atoms with E-state index in [0.29, 0.717) is 11.5 Å². The largest absolute Gasteiger partial charge is 0.265 e. The summed E-state index contributed by atoms with van der Waals surface area (Å²) in [4.78, 5) is 3.99. The monoisotopic (exact) mass is 253 g/mol. The zero-order valence-corrected chi connectivity index (χ0v) is 10.8. The van der Waals surface area contributed by atoms with E-state index in [1.165, 1.54) is 12.5 Å². The van der Waals surface area contributed by atoms with Crippen LogP contribution in [-0.2, 0) is 0 Å². The van der Waals surface area contributed by atoms with E-state index in [2.05, 4.69) is 11.6 Å². The lowest BCUT2D eigenvalue weighted by Crippen LogP contribution is -2.12. The molecule has 1 aromatic heterocycles. The van der Waals surface area contributed by atoms with Gasteiger partial charge in [-0.25, -0.2) is 4.39 Å². The predicted molar refractivity (Wildman–Crippen MR) is 75.4 cm³/mol. The van der Waals surface area contributed by atoms with Gasteiger partial charge >= 0.3 is 0 Å². The molecule has 1 nitrogen and oxygen atoms in total. The molecule has 0 N–H and O–H groups in total. The first-order valence-corrected chi connectivity index (χ1v) is 6.65. The average Bonchev–Trinajstić information content (AvgIpc) is 2.37. The molecule has 1 fully saturated rings. The SMILES string of the molecule is C=C(c1ccncc1)c1c(F)cccc1C1CCC1. The molecule has 2 aromatic rings. The van der Waals surface area contributed by atoms with Crippen LogP contribution in [-0.4, -0.2) is 4.98 Å². The molecule has 1 aromatic carbocycles. The van der Waals surface area contributed by atoms with Crippen molar-refractivity contribution in [3.63, 3.8) is 0 Å². The Morgan fingerprint density at radius 2 is 1.89 bits per heavy atom. The zero-order chi connectivity index (χ0) is 13.2. The maximum absolute atomic E-state index is 14.2. The van der Waals surface area contributed by atoms with Crippen molar-refractivity contribution >= 4 is 5.57 Å². The van der Waals surface area contributed by atoms with E-state index in [1.807, 2.05) is 18.2 Å². The van der Waals surface area contributed by atoms with Gasteiger partial charge in [-0.1, -0.05) is 25.1 Å². The summed E-state index contributed by atoms with van der Waals surface area (Å²) in [5.74, 6) is 0.315. The molecule has 0 saturated heterocycles. The summed E-state index contributed by atoms with van der Waals surface area (Å²) in [6.45, 7) is 4.09. The highest BCUT2D eigenvalue weighted by Gasteiger charge is 2.24. The van der Waals surface area contributed by atoms with Gasteiger partial charge in [0.15, 0.2) is 0 Å². The molecular weight excluding hydrogens is 237 g/mol. The number of nitrogens with zero attached hydrogens (tertiary/aromatic N) is 1. The maximum Gasteiger partial charge on any atom is 0.131 e. The molecule has 0 radical (unpaired) electrons. The van der Waals surface area contributed by atoms with Crippen molar-refractivity contribution in [1.29, 1.82) is 0 Å². The minimum Gasteiger partial charge on any atom is -0.265 e. The molecule has 0 unspecified atom stereocenters. The minimum absolute atomic E-state index is 0.175. The molecule has 3 rings (SSSR count). The topological polar surface area (TPSA) is 12.9 Å². The molecule has 1 saturated carbocycles. The molecule has 1 heterocycles. The Kier molecular flexibility index (Phi) is 3.16. The first kappa shape index (κ1) is 12.1. The molecule has 0 amide bonds. The second kappa shape index (κ2) is 4.96. The number of halogens is 1. The number of hydrogen-bond donors (Lipinski definition) is 0. The normalized spacial score (nSPS) is 15.0. The van der Waals surface area contributed by atoms with Crippen molar-refractivity contribution in [1.82, 2.24) is 4.98 Å². The summed E-state index contributed by atoms with van der Waals surface area (Å²) in [7, 11) is 0. The number of pyridine rings is 1. The van der Waals surface area contributed by atoms with E-state index in [9.17, 15) is 4.39 Å². The smallest absolute Gasteiger partial charge is 0.131 e. The highest BCUT2D eigenvalue weighted by atomic mass is 19.1. The summed E-state index contributed by atoms with van der Waals surface area (Å²) in [6, 6.07) is 9.10. The summed E-state index contributed by atoms with van der Waals surface area (Å²) in [5.41, 5.74) is 3.47. The fourth-order valence-corrected chi connectivity index (χ4v) is 2.62. The number of hydrogen-bond acceptors (Lipinski definition) is 1. The van der Waals surface area contributed by atoms with Crippen LogP contribution in [0.4, 0.5) is 4.39 Å². The quantitative estimate of drug-likeness (QED) is 0.782. The first-order valence-electron chi connectivity index (χ1n) is 6.65. The van der Waals surface area contributed by atoms with Crippen LogP contribution < -0.4 is 0 Å². The Morgan fingerprint density at radius 1 is 1.16 bits per heavy atom. The molecular formula is C17H16FN. The third kappa shape index (κ3) is 2.19. The molecule has 0 atom stereocenters. The number of rotatable bonds is 3. The molecule has 0 spiro atoms. The highest BCUT2D eigenvalue weighted by Crippen LogP contribution is 2.41. The molecule has 96 valence electrons. The van der Waals surface area contributed by atoms with Gasteiger partial charge in [0.25, 0.3) is 0 Å². The molecule has 0 bridgehead atoms. The van der Waals surface area contributed by atoms with Gasteiger partial charge in [0.05, 0.1) is 0 Å². The van der Waals surface area contributed by atoms with E-state index in [0.717, 1.165) is 29.5 Å². The lowest BCUT2D eigenvalue weighted by Gasteiger charge is -2.28. The Balaban J connectivity index is 2.06. The Labute approximate surface area is 112 Å². The maximum atomic E-state index is 14.2. The summed E-state index contributed by atoms with van der Waals surface area (Å²) >= 11 is 0. The Morgan fingerprint density at radius 3 is 2.53 bits per heavy atom. The lowest BCUT2D eigenvalue weighted by molar-refractivity contribution is 0.417. The van der Waals surface area contributed by atoms with Gasteiger partial charge in [-0.05, 0) is 53.7 Å².